The molecule has 4 rings (SSSR count). The van der Waals surface area contributed by atoms with Crippen LogP contribution in [0.3, 0.4) is 0 Å². The van der Waals surface area contributed by atoms with Gasteiger partial charge in [-0.3, -0.25) is 14.9 Å². The molecule has 0 spiro atoms. The number of imide groups is 2. The summed E-state index contributed by atoms with van der Waals surface area (Å²) in [5.41, 5.74) is 2.93. The lowest BCUT2D eigenvalue weighted by Crippen LogP contribution is -2.54. The summed E-state index contributed by atoms with van der Waals surface area (Å²) < 4.78 is 12.5. The molecule has 3 aromatic rings. The number of aryl methyl sites for hydroxylation is 1. The Morgan fingerprint density at radius 1 is 0.943 bits per heavy atom. The van der Waals surface area contributed by atoms with Crippen LogP contribution in [0.1, 0.15) is 23.6 Å². The van der Waals surface area contributed by atoms with E-state index in [-0.39, 0.29) is 5.57 Å². The fraction of sp³-hybridized carbons (Fsp3) is 0.148. The van der Waals surface area contributed by atoms with Gasteiger partial charge in [0.25, 0.3) is 11.8 Å². The van der Waals surface area contributed by atoms with Crippen LogP contribution in [-0.4, -0.2) is 24.5 Å². The molecule has 35 heavy (non-hydrogen) atoms. The number of nitrogens with zero attached hydrogens (tertiary/aromatic N) is 1. The monoisotopic (exact) mass is 534 g/mol. The van der Waals surface area contributed by atoms with Gasteiger partial charge in [0, 0.05) is 4.47 Å². The number of anilines is 1. The highest BCUT2D eigenvalue weighted by Gasteiger charge is 2.36. The van der Waals surface area contributed by atoms with E-state index >= 15 is 0 Å². The minimum atomic E-state index is -0.797. The van der Waals surface area contributed by atoms with Gasteiger partial charge < -0.3 is 9.47 Å². The lowest BCUT2D eigenvalue weighted by atomic mass is 10.1. The van der Waals surface area contributed by atoms with Crippen molar-refractivity contribution in [1.82, 2.24) is 5.32 Å². The van der Waals surface area contributed by atoms with Crippen molar-refractivity contribution in [2.24, 2.45) is 0 Å². The van der Waals surface area contributed by atoms with Crippen molar-refractivity contribution in [3.8, 4) is 11.5 Å². The SMILES string of the molecule is CCOc1cc(/C=C2\C(=O)NC(=O)N(c3ccc(Br)cc3)C2=O)ccc1OCc1ccccc1C. The molecule has 0 atom stereocenters. The normalized spacial score (nSPS) is 14.8. The predicted molar refractivity (Wildman–Crippen MR) is 136 cm³/mol. The summed E-state index contributed by atoms with van der Waals surface area (Å²) in [7, 11) is 0. The third-order valence-electron chi connectivity index (χ3n) is 5.41. The molecule has 0 bridgehead atoms. The zero-order chi connectivity index (χ0) is 24.9. The van der Waals surface area contributed by atoms with Crippen molar-refractivity contribution >= 4 is 45.5 Å². The molecule has 1 saturated heterocycles. The van der Waals surface area contributed by atoms with Crippen LogP contribution >= 0.6 is 15.9 Å². The summed E-state index contributed by atoms with van der Waals surface area (Å²) in [6.45, 7) is 4.66. The number of carbonyl (C=O) groups excluding carboxylic acids is 3. The third-order valence-corrected chi connectivity index (χ3v) is 5.94. The maximum absolute atomic E-state index is 13.1. The third kappa shape index (κ3) is 5.44. The lowest BCUT2D eigenvalue weighted by Gasteiger charge is -2.26. The van der Waals surface area contributed by atoms with Crippen LogP contribution in [0.2, 0.25) is 0 Å². The zero-order valence-corrected chi connectivity index (χ0v) is 20.8. The summed E-state index contributed by atoms with van der Waals surface area (Å²) in [6.07, 6.45) is 1.43. The van der Waals surface area contributed by atoms with E-state index in [9.17, 15) is 14.4 Å². The van der Waals surface area contributed by atoms with E-state index in [1.54, 1.807) is 42.5 Å². The van der Waals surface area contributed by atoms with E-state index in [0.717, 1.165) is 20.5 Å². The van der Waals surface area contributed by atoms with E-state index in [4.69, 9.17) is 9.47 Å². The number of halogens is 1. The molecule has 7 nitrogen and oxygen atoms in total. The second-order valence-electron chi connectivity index (χ2n) is 7.79. The molecule has 8 heteroatoms. The number of benzene rings is 3. The molecular weight excluding hydrogens is 512 g/mol. The number of amides is 4. The van der Waals surface area contributed by atoms with Gasteiger partial charge in [0.2, 0.25) is 0 Å². The first-order valence-corrected chi connectivity index (χ1v) is 11.8. The molecule has 0 saturated carbocycles. The second kappa shape index (κ2) is 10.6. The fourth-order valence-electron chi connectivity index (χ4n) is 3.58. The molecule has 3 aromatic carbocycles. The van der Waals surface area contributed by atoms with Gasteiger partial charge in [-0.2, -0.15) is 0 Å². The number of barbiturate groups is 1. The summed E-state index contributed by atoms with van der Waals surface area (Å²) in [6, 6.07) is 19.0. The molecule has 0 unspecified atom stereocenters. The zero-order valence-electron chi connectivity index (χ0n) is 19.2. The van der Waals surface area contributed by atoms with Crippen LogP contribution < -0.4 is 19.7 Å². The highest BCUT2D eigenvalue weighted by Crippen LogP contribution is 2.31. The first-order valence-electron chi connectivity index (χ1n) is 11.0. The van der Waals surface area contributed by atoms with E-state index in [1.165, 1.54) is 6.08 Å². The van der Waals surface area contributed by atoms with E-state index in [1.807, 2.05) is 38.1 Å². The Labute approximate surface area is 211 Å². The predicted octanol–water partition coefficient (Wildman–Crippen LogP) is 5.40. The van der Waals surface area contributed by atoms with E-state index in [0.29, 0.717) is 36.0 Å². The summed E-state index contributed by atoms with van der Waals surface area (Å²) >= 11 is 3.33. The average molecular weight is 535 g/mol. The summed E-state index contributed by atoms with van der Waals surface area (Å²) in [5.74, 6) is -0.437. The maximum atomic E-state index is 13.1. The minimum Gasteiger partial charge on any atom is -0.490 e. The minimum absolute atomic E-state index is 0.163. The molecule has 1 N–H and O–H groups in total. The van der Waals surface area contributed by atoms with Crippen LogP contribution in [0.5, 0.6) is 11.5 Å². The highest BCUT2D eigenvalue weighted by molar-refractivity contribution is 9.10. The quantitative estimate of drug-likeness (QED) is 0.324. The van der Waals surface area contributed by atoms with Crippen LogP contribution in [0.4, 0.5) is 10.5 Å². The Bertz CT molecular complexity index is 1320. The summed E-state index contributed by atoms with van der Waals surface area (Å²) in [5, 5.41) is 2.23. The maximum Gasteiger partial charge on any atom is 0.335 e. The van der Waals surface area contributed by atoms with Crippen molar-refractivity contribution in [2.75, 3.05) is 11.5 Å². The molecule has 0 aromatic heterocycles. The van der Waals surface area contributed by atoms with Crippen LogP contribution in [0, 0.1) is 6.92 Å². The number of nitrogens with one attached hydrogen (secondary N) is 1. The van der Waals surface area contributed by atoms with E-state index < -0.39 is 17.8 Å². The first kappa shape index (κ1) is 24.2. The Kier molecular flexibility index (Phi) is 7.31. The van der Waals surface area contributed by atoms with Gasteiger partial charge in [0.05, 0.1) is 12.3 Å². The molecule has 1 aliphatic rings. The van der Waals surface area contributed by atoms with Gasteiger partial charge in [-0.1, -0.05) is 46.3 Å². The Morgan fingerprint density at radius 3 is 2.40 bits per heavy atom. The molecule has 0 aliphatic carbocycles. The number of ether oxygens (including phenoxy) is 2. The van der Waals surface area contributed by atoms with Gasteiger partial charge in [-0.15, -0.1) is 0 Å². The first-order chi connectivity index (χ1) is 16.9. The Balaban J connectivity index is 1.61. The van der Waals surface area contributed by atoms with Crippen molar-refractivity contribution in [2.45, 2.75) is 20.5 Å². The number of hydrogen-bond donors (Lipinski definition) is 1. The van der Waals surface area contributed by atoms with Crippen LogP contribution in [0.15, 0.2) is 76.8 Å². The average Bonchev–Trinajstić information content (AvgIpc) is 2.83. The van der Waals surface area contributed by atoms with E-state index in [2.05, 4.69) is 21.2 Å². The molecular formula is C27H23BrN2O5. The number of carbonyl (C=O) groups is 3. The van der Waals surface area contributed by atoms with Crippen molar-refractivity contribution < 1.29 is 23.9 Å². The van der Waals surface area contributed by atoms with Gasteiger partial charge in [0.15, 0.2) is 11.5 Å². The molecule has 0 radical (unpaired) electrons. The van der Waals surface area contributed by atoms with Gasteiger partial charge in [0.1, 0.15) is 12.2 Å². The highest BCUT2D eigenvalue weighted by atomic mass is 79.9. The standard InChI is InChI=1S/C27H23BrN2O5/c1-3-34-24-15-18(8-13-23(24)35-16-19-7-5-4-6-17(19)2)14-22-25(31)29-27(33)30(26(22)32)21-11-9-20(28)10-12-21/h4-15H,3,16H2,1-2H3,(H,29,31,33)/b22-14+. The largest absolute Gasteiger partial charge is 0.490 e. The molecule has 1 fully saturated rings. The summed E-state index contributed by atoms with van der Waals surface area (Å²) in [4.78, 5) is 38.9. The Hall–Kier alpha value is -3.91. The fourth-order valence-corrected chi connectivity index (χ4v) is 3.84. The number of urea groups is 1. The Morgan fingerprint density at radius 2 is 1.69 bits per heavy atom. The molecule has 178 valence electrons. The van der Waals surface area contributed by atoms with Gasteiger partial charge >= 0.3 is 6.03 Å². The number of hydrogen-bond acceptors (Lipinski definition) is 5. The number of rotatable bonds is 7. The van der Waals surface area contributed by atoms with Crippen LogP contribution in [-0.2, 0) is 16.2 Å². The van der Waals surface area contributed by atoms with Gasteiger partial charge in [-0.25, -0.2) is 9.69 Å². The lowest BCUT2D eigenvalue weighted by molar-refractivity contribution is -0.122. The topological polar surface area (TPSA) is 84.9 Å². The van der Waals surface area contributed by atoms with Crippen molar-refractivity contribution in [3.63, 3.8) is 0 Å². The van der Waals surface area contributed by atoms with Crippen molar-refractivity contribution in [3.05, 3.63) is 93.5 Å². The molecule has 1 heterocycles. The second-order valence-corrected chi connectivity index (χ2v) is 8.70. The van der Waals surface area contributed by atoms with Crippen LogP contribution in [0.25, 0.3) is 6.08 Å². The molecule has 1 aliphatic heterocycles. The van der Waals surface area contributed by atoms with Gasteiger partial charge in [-0.05, 0) is 73.0 Å². The molecule has 4 amide bonds. The van der Waals surface area contributed by atoms with Crippen molar-refractivity contribution in [1.29, 1.82) is 0 Å². The smallest absolute Gasteiger partial charge is 0.335 e.